The van der Waals surface area contributed by atoms with Crippen LogP contribution in [0.3, 0.4) is 0 Å². The molecule has 2 aromatic rings. The van der Waals surface area contributed by atoms with Gasteiger partial charge >= 0.3 is 6.03 Å². The average molecular weight is 429 g/mol. The van der Waals surface area contributed by atoms with E-state index >= 15 is 0 Å². The van der Waals surface area contributed by atoms with Crippen molar-refractivity contribution in [2.24, 2.45) is 0 Å². The molecule has 1 aromatic heterocycles. The first-order valence-corrected chi connectivity index (χ1v) is 8.63. The molecule has 0 saturated carbocycles. The van der Waals surface area contributed by atoms with Crippen molar-refractivity contribution in [3.05, 3.63) is 48.3 Å². The largest absolute Gasteiger partial charge is 0.497 e. The molecule has 1 fully saturated rings. The molecule has 3 rings (SSSR count). The molecule has 1 aliphatic rings. The topological polar surface area (TPSA) is 75.7 Å². The number of hydrogen-bond donors (Lipinski definition) is 2. The fraction of sp³-hybridized carbons (Fsp3) is 0.368. The van der Waals surface area contributed by atoms with Crippen LogP contribution in [-0.2, 0) is 0 Å². The molecule has 1 saturated heterocycles. The Bertz CT molecular complexity index is 729. The second kappa shape index (κ2) is 11.6. The molecule has 0 radical (unpaired) electrons. The number of hydrogen-bond acceptors (Lipinski definition) is 5. The van der Waals surface area contributed by atoms with Gasteiger partial charge in [0.15, 0.2) is 0 Å². The van der Waals surface area contributed by atoms with Crippen LogP contribution in [0.5, 0.6) is 11.5 Å². The number of piperazine rings is 1. The van der Waals surface area contributed by atoms with Gasteiger partial charge < -0.3 is 25.0 Å². The number of nitrogens with zero attached hydrogens (tertiary/aromatic N) is 2. The first kappa shape index (κ1) is 23.8. The lowest BCUT2D eigenvalue weighted by molar-refractivity contribution is 0.133. The molecule has 0 spiro atoms. The Morgan fingerprint density at radius 1 is 1.21 bits per heavy atom. The second-order valence-corrected chi connectivity index (χ2v) is 6.16. The van der Waals surface area contributed by atoms with E-state index in [1.54, 1.807) is 13.3 Å². The van der Waals surface area contributed by atoms with Crippen LogP contribution in [0.1, 0.15) is 5.69 Å². The van der Waals surface area contributed by atoms with E-state index in [1.165, 1.54) is 0 Å². The number of halogens is 2. The highest BCUT2D eigenvalue weighted by molar-refractivity contribution is 5.89. The number of nitrogens with one attached hydrogen (secondary N) is 2. The zero-order chi connectivity index (χ0) is 18.4. The summed E-state index contributed by atoms with van der Waals surface area (Å²) in [5, 5.41) is 6.24. The second-order valence-electron chi connectivity index (χ2n) is 6.16. The fourth-order valence-electron chi connectivity index (χ4n) is 2.78. The van der Waals surface area contributed by atoms with Crippen LogP contribution >= 0.6 is 24.8 Å². The summed E-state index contributed by atoms with van der Waals surface area (Å²) in [7, 11) is 1.61. The highest BCUT2D eigenvalue weighted by Crippen LogP contribution is 2.17. The summed E-state index contributed by atoms with van der Waals surface area (Å²) in [6.45, 7) is 4.42. The third kappa shape index (κ3) is 6.44. The molecular formula is C19H26Cl2N4O3. The molecule has 2 N–H and O–H groups in total. The smallest absolute Gasteiger partial charge is 0.322 e. The summed E-state index contributed by atoms with van der Waals surface area (Å²) in [4.78, 5) is 18.7. The Morgan fingerprint density at radius 3 is 2.57 bits per heavy atom. The Morgan fingerprint density at radius 2 is 1.93 bits per heavy atom. The molecule has 1 aromatic carbocycles. The number of ether oxygens (including phenoxy) is 2. The van der Waals surface area contributed by atoms with Crippen LogP contribution < -0.4 is 20.1 Å². The minimum atomic E-state index is -0.132. The van der Waals surface area contributed by atoms with E-state index < -0.39 is 0 Å². The summed E-state index contributed by atoms with van der Waals surface area (Å²) in [6, 6.07) is 10.9. The van der Waals surface area contributed by atoms with Crippen molar-refractivity contribution in [1.29, 1.82) is 0 Å². The standard InChI is InChI=1S/C19H24N4O3.2ClH/c1-14-3-6-18(12-21-14)26-13-16-11-20-9-10-23(16)19(24)22-15-4-7-17(25-2)8-5-15;;/h3-8,12,16,20H,9-11,13H2,1-2H3,(H,22,24);2*1H. The van der Waals surface area contributed by atoms with Gasteiger partial charge in [-0.25, -0.2) is 4.79 Å². The predicted molar refractivity (Wildman–Crippen MR) is 114 cm³/mol. The van der Waals surface area contributed by atoms with Gasteiger partial charge in [0.05, 0.1) is 19.3 Å². The summed E-state index contributed by atoms with van der Waals surface area (Å²) < 4.78 is 11.0. The van der Waals surface area contributed by atoms with Crippen molar-refractivity contribution in [3.63, 3.8) is 0 Å². The number of rotatable bonds is 5. The lowest BCUT2D eigenvalue weighted by atomic mass is 10.2. The Hall–Kier alpha value is -2.22. The number of aryl methyl sites for hydroxylation is 1. The van der Waals surface area contributed by atoms with E-state index in [4.69, 9.17) is 9.47 Å². The quantitative estimate of drug-likeness (QED) is 0.764. The van der Waals surface area contributed by atoms with Gasteiger partial charge in [0, 0.05) is 31.0 Å². The zero-order valence-corrected chi connectivity index (χ0v) is 17.5. The highest BCUT2D eigenvalue weighted by atomic mass is 35.5. The van der Waals surface area contributed by atoms with E-state index in [1.807, 2.05) is 48.2 Å². The number of carbonyl (C=O) groups excluding carboxylic acids is 1. The predicted octanol–water partition coefficient (Wildman–Crippen LogP) is 3.13. The number of carbonyl (C=O) groups is 1. The summed E-state index contributed by atoms with van der Waals surface area (Å²) in [6.07, 6.45) is 1.70. The van der Waals surface area contributed by atoms with Crippen molar-refractivity contribution in [1.82, 2.24) is 15.2 Å². The third-order valence-electron chi connectivity index (χ3n) is 4.28. The average Bonchev–Trinajstić information content (AvgIpc) is 2.68. The highest BCUT2D eigenvalue weighted by Gasteiger charge is 2.27. The monoisotopic (exact) mass is 428 g/mol. The van der Waals surface area contributed by atoms with E-state index in [9.17, 15) is 4.79 Å². The molecule has 2 heterocycles. The Labute approximate surface area is 177 Å². The number of urea groups is 1. The van der Waals surface area contributed by atoms with Gasteiger partial charge in [0.25, 0.3) is 0 Å². The number of anilines is 1. The lowest BCUT2D eigenvalue weighted by Gasteiger charge is -2.35. The van der Waals surface area contributed by atoms with Crippen molar-refractivity contribution in [2.45, 2.75) is 13.0 Å². The number of amides is 2. The SMILES string of the molecule is COc1ccc(NC(=O)N2CCNCC2COc2ccc(C)nc2)cc1.Cl.Cl. The molecule has 1 atom stereocenters. The van der Waals surface area contributed by atoms with E-state index in [0.717, 1.165) is 23.7 Å². The summed E-state index contributed by atoms with van der Waals surface area (Å²) in [5.74, 6) is 1.46. The van der Waals surface area contributed by atoms with Crippen LogP contribution in [0.4, 0.5) is 10.5 Å². The minimum absolute atomic E-state index is 0. The van der Waals surface area contributed by atoms with E-state index in [0.29, 0.717) is 25.4 Å². The van der Waals surface area contributed by atoms with E-state index in [2.05, 4.69) is 15.6 Å². The number of aromatic nitrogens is 1. The Balaban J connectivity index is 0.00000196. The number of methoxy groups -OCH3 is 1. The molecule has 7 nitrogen and oxygen atoms in total. The Kier molecular flexibility index (Phi) is 9.85. The number of benzene rings is 1. The van der Waals surface area contributed by atoms with Crippen LogP contribution in [0.2, 0.25) is 0 Å². The lowest BCUT2D eigenvalue weighted by Crippen LogP contribution is -2.57. The maximum absolute atomic E-state index is 12.7. The molecule has 0 aliphatic carbocycles. The molecule has 1 aliphatic heterocycles. The molecule has 28 heavy (non-hydrogen) atoms. The first-order valence-electron chi connectivity index (χ1n) is 8.63. The minimum Gasteiger partial charge on any atom is -0.497 e. The van der Waals surface area contributed by atoms with Crippen molar-refractivity contribution in [2.75, 3.05) is 38.7 Å². The zero-order valence-electron chi connectivity index (χ0n) is 15.9. The van der Waals surface area contributed by atoms with Crippen LogP contribution in [0, 0.1) is 6.92 Å². The fourth-order valence-corrected chi connectivity index (χ4v) is 2.78. The van der Waals surface area contributed by atoms with Gasteiger partial charge in [0.2, 0.25) is 0 Å². The van der Waals surface area contributed by atoms with Gasteiger partial charge in [-0.1, -0.05) is 0 Å². The third-order valence-corrected chi connectivity index (χ3v) is 4.28. The normalized spacial score (nSPS) is 15.6. The van der Waals surface area contributed by atoms with E-state index in [-0.39, 0.29) is 36.9 Å². The van der Waals surface area contributed by atoms with Gasteiger partial charge in [-0.05, 0) is 43.3 Å². The molecule has 0 bridgehead atoms. The van der Waals surface area contributed by atoms with Gasteiger partial charge in [0.1, 0.15) is 18.1 Å². The van der Waals surface area contributed by atoms with Crippen molar-refractivity contribution in [3.8, 4) is 11.5 Å². The van der Waals surface area contributed by atoms with Crippen LogP contribution in [0.25, 0.3) is 0 Å². The summed E-state index contributed by atoms with van der Waals surface area (Å²) in [5.41, 5.74) is 1.67. The van der Waals surface area contributed by atoms with Crippen molar-refractivity contribution < 1.29 is 14.3 Å². The molecule has 154 valence electrons. The van der Waals surface area contributed by atoms with Gasteiger partial charge in [-0.15, -0.1) is 24.8 Å². The molecule has 9 heteroatoms. The van der Waals surface area contributed by atoms with Crippen LogP contribution in [-0.4, -0.2) is 55.3 Å². The number of pyridine rings is 1. The molecule has 1 unspecified atom stereocenters. The first-order chi connectivity index (χ1) is 12.7. The maximum atomic E-state index is 12.7. The van der Waals surface area contributed by atoms with Gasteiger partial charge in [-0.3, -0.25) is 4.98 Å². The molecule has 2 amide bonds. The summed E-state index contributed by atoms with van der Waals surface area (Å²) >= 11 is 0. The van der Waals surface area contributed by atoms with Gasteiger partial charge in [-0.2, -0.15) is 0 Å². The maximum Gasteiger partial charge on any atom is 0.322 e. The molecular weight excluding hydrogens is 403 g/mol. The van der Waals surface area contributed by atoms with Crippen molar-refractivity contribution >= 4 is 36.5 Å². The van der Waals surface area contributed by atoms with Crippen LogP contribution in [0.15, 0.2) is 42.6 Å².